The van der Waals surface area contributed by atoms with Crippen molar-refractivity contribution >= 4 is 5.91 Å². The Kier molecular flexibility index (Phi) is 6.64. The maximum Gasteiger partial charge on any atom is 0.270 e. The Morgan fingerprint density at radius 1 is 1.26 bits per heavy atom. The number of hydrogen-bond donors (Lipinski definition) is 1. The molecular weight excluding hydrogens is 238 g/mol. The molecule has 1 aromatic rings. The van der Waals surface area contributed by atoms with Gasteiger partial charge < -0.3 is 14.8 Å². The standard InChI is InChI=1S/C15H27N3O/c1-5-17(6-2)10-11-18(12-13(3)4)15(19)14-8-7-9-16-14/h7-9,13,16H,5-6,10-12H2,1-4H3. The number of hydrogen-bond acceptors (Lipinski definition) is 2. The van der Waals surface area contributed by atoms with E-state index in [0.29, 0.717) is 11.6 Å². The second-order valence-corrected chi connectivity index (χ2v) is 5.26. The van der Waals surface area contributed by atoms with E-state index in [0.717, 1.165) is 32.7 Å². The molecule has 0 aromatic carbocycles. The molecule has 0 aliphatic carbocycles. The van der Waals surface area contributed by atoms with Crippen LogP contribution in [0.1, 0.15) is 38.2 Å². The van der Waals surface area contributed by atoms with Crippen LogP contribution in [-0.4, -0.2) is 53.4 Å². The van der Waals surface area contributed by atoms with Gasteiger partial charge in [0.2, 0.25) is 0 Å². The van der Waals surface area contributed by atoms with Gasteiger partial charge in [-0.1, -0.05) is 27.7 Å². The second-order valence-electron chi connectivity index (χ2n) is 5.26. The SMILES string of the molecule is CCN(CC)CCN(CC(C)C)C(=O)c1ccc[nH]1. The van der Waals surface area contributed by atoms with Gasteiger partial charge in [-0.25, -0.2) is 0 Å². The molecule has 0 bridgehead atoms. The van der Waals surface area contributed by atoms with E-state index in [1.54, 1.807) is 6.20 Å². The van der Waals surface area contributed by atoms with E-state index in [1.165, 1.54) is 0 Å². The fourth-order valence-corrected chi connectivity index (χ4v) is 2.15. The summed E-state index contributed by atoms with van der Waals surface area (Å²) in [4.78, 5) is 19.7. The van der Waals surface area contributed by atoms with Crippen molar-refractivity contribution in [1.29, 1.82) is 0 Å². The molecule has 1 heterocycles. The van der Waals surface area contributed by atoms with E-state index in [1.807, 2.05) is 17.0 Å². The molecular formula is C15H27N3O. The summed E-state index contributed by atoms with van der Waals surface area (Å²) >= 11 is 0. The number of likely N-dealkylation sites (N-methyl/N-ethyl adjacent to an activating group) is 1. The fraction of sp³-hybridized carbons (Fsp3) is 0.667. The summed E-state index contributed by atoms with van der Waals surface area (Å²) in [5.41, 5.74) is 0.681. The minimum Gasteiger partial charge on any atom is -0.357 e. The van der Waals surface area contributed by atoms with E-state index in [9.17, 15) is 4.79 Å². The topological polar surface area (TPSA) is 39.3 Å². The fourth-order valence-electron chi connectivity index (χ4n) is 2.15. The minimum absolute atomic E-state index is 0.103. The lowest BCUT2D eigenvalue weighted by molar-refractivity contribution is 0.0711. The van der Waals surface area contributed by atoms with E-state index in [4.69, 9.17) is 0 Å². The van der Waals surface area contributed by atoms with Gasteiger partial charge in [0.1, 0.15) is 5.69 Å². The van der Waals surface area contributed by atoms with Gasteiger partial charge in [0, 0.05) is 25.8 Å². The normalized spacial score (nSPS) is 11.3. The molecule has 19 heavy (non-hydrogen) atoms. The number of amides is 1. The van der Waals surface area contributed by atoms with Crippen LogP contribution in [0.4, 0.5) is 0 Å². The third kappa shape index (κ3) is 5.07. The average molecular weight is 265 g/mol. The summed E-state index contributed by atoms with van der Waals surface area (Å²) in [6.07, 6.45) is 1.80. The Hall–Kier alpha value is -1.29. The van der Waals surface area contributed by atoms with Crippen LogP contribution in [0.25, 0.3) is 0 Å². The molecule has 0 saturated carbocycles. The van der Waals surface area contributed by atoms with Crippen molar-refractivity contribution in [3.63, 3.8) is 0 Å². The molecule has 1 rings (SSSR count). The predicted octanol–water partition coefficient (Wildman–Crippen LogP) is 2.45. The van der Waals surface area contributed by atoms with Crippen molar-refractivity contribution in [3.05, 3.63) is 24.0 Å². The van der Waals surface area contributed by atoms with E-state index >= 15 is 0 Å². The van der Waals surface area contributed by atoms with Gasteiger partial charge in [-0.15, -0.1) is 0 Å². The largest absolute Gasteiger partial charge is 0.357 e. The molecule has 0 spiro atoms. The highest BCUT2D eigenvalue weighted by Gasteiger charge is 2.17. The monoisotopic (exact) mass is 265 g/mol. The average Bonchev–Trinajstić information content (AvgIpc) is 2.91. The van der Waals surface area contributed by atoms with Gasteiger partial charge in [-0.05, 0) is 31.1 Å². The molecule has 4 nitrogen and oxygen atoms in total. The van der Waals surface area contributed by atoms with Crippen LogP contribution in [0.5, 0.6) is 0 Å². The lowest BCUT2D eigenvalue weighted by Crippen LogP contribution is -2.40. The molecule has 108 valence electrons. The summed E-state index contributed by atoms with van der Waals surface area (Å²) < 4.78 is 0. The van der Waals surface area contributed by atoms with Crippen LogP contribution in [0, 0.1) is 5.92 Å². The summed E-state index contributed by atoms with van der Waals surface area (Å²) in [5, 5.41) is 0. The van der Waals surface area contributed by atoms with Gasteiger partial charge in [0.15, 0.2) is 0 Å². The van der Waals surface area contributed by atoms with Crippen LogP contribution in [-0.2, 0) is 0 Å². The summed E-state index contributed by atoms with van der Waals surface area (Å²) in [6, 6.07) is 3.71. The highest BCUT2D eigenvalue weighted by molar-refractivity contribution is 5.92. The number of carbonyl (C=O) groups excluding carboxylic acids is 1. The van der Waals surface area contributed by atoms with E-state index < -0.39 is 0 Å². The first-order valence-corrected chi connectivity index (χ1v) is 7.23. The van der Waals surface area contributed by atoms with Gasteiger partial charge in [0.25, 0.3) is 5.91 Å². The lowest BCUT2D eigenvalue weighted by atomic mass is 10.2. The van der Waals surface area contributed by atoms with Crippen LogP contribution < -0.4 is 0 Å². The third-order valence-corrected chi connectivity index (χ3v) is 3.28. The molecule has 1 N–H and O–H groups in total. The first-order chi connectivity index (χ1) is 9.08. The minimum atomic E-state index is 0.103. The smallest absolute Gasteiger partial charge is 0.270 e. The van der Waals surface area contributed by atoms with Crippen molar-refractivity contribution in [1.82, 2.24) is 14.8 Å². The van der Waals surface area contributed by atoms with Crippen molar-refractivity contribution in [2.24, 2.45) is 5.92 Å². The quantitative estimate of drug-likeness (QED) is 0.784. The molecule has 4 heteroatoms. The number of aromatic nitrogens is 1. The molecule has 0 atom stereocenters. The maximum atomic E-state index is 12.4. The van der Waals surface area contributed by atoms with Crippen molar-refractivity contribution < 1.29 is 4.79 Å². The Morgan fingerprint density at radius 3 is 2.42 bits per heavy atom. The Labute approximate surface area is 116 Å². The molecule has 0 saturated heterocycles. The Bertz CT molecular complexity index is 355. The molecule has 1 amide bonds. The highest BCUT2D eigenvalue weighted by Crippen LogP contribution is 2.06. The Morgan fingerprint density at radius 2 is 1.95 bits per heavy atom. The first kappa shape index (κ1) is 15.8. The van der Waals surface area contributed by atoms with Crippen LogP contribution in [0.3, 0.4) is 0 Å². The number of nitrogens with zero attached hydrogens (tertiary/aromatic N) is 2. The molecule has 0 aliphatic rings. The number of nitrogens with one attached hydrogen (secondary N) is 1. The molecule has 0 radical (unpaired) electrons. The molecule has 1 aromatic heterocycles. The van der Waals surface area contributed by atoms with Crippen molar-refractivity contribution in [3.8, 4) is 0 Å². The first-order valence-electron chi connectivity index (χ1n) is 7.23. The molecule has 0 fully saturated rings. The molecule has 0 aliphatic heterocycles. The second kappa shape index (κ2) is 8.00. The number of carbonyl (C=O) groups is 1. The third-order valence-electron chi connectivity index (χ3n) is 3.28. The summed E-state index contributed by atoms with van der Waals surface area (Å²) in [6.45, 7) is 13.2. The van der Waals surface area contributed by atoms with Gasteiger partial charge >= 0.3 is 0 Å². The predicted molar refractivity (Wildman–Crippen MR) is 79.3 cm³/mol. The van der Waals surface area contributed by atoms with E-state index in [2.05, 4.69) is 37.6 Å². The van der Waals surface area contributed by atoms with Crippen molar-refractivity contribution in [2.75, 3.05) is 32.7 Å². The van der Waals surface area contributed by atoms with Crippen molar-refractivity contribution in [2.45, 2.75) is 27.7 Å². The van der Waals surface area contributed by atoms with Gasteiger partial charge in [0.05, 0.1) is 0 Å². The maximum absolute atomic E-state index is 12.4. The lowest BCUT2D eigenvalue weighted by Gasteiger charge is -2.27. The zero-order valence-corrected chi connectivity index (χ0v) is 12.6. The highest BCUT2D eigenvalue weighted by atomic mass is 16.2. The number of H-pyrrole nitrogens is 1. The Balaban J connectivity index is 2.64. The van der Waals surface area contributed by atoms with Crippen LogP contribution in [0.2, 0.25) is 0 Å². The number of rotatable bonds is 8. The number of aromatic amines is 1. The zero-order chi connectivity index (χ0) is 14.3. The van der Waals surface area contributed by atoms with Gasteiger partial charge in [-0.3, -0.25) is 4.79 Å². The summed E-state index contributed by atoms with van der Waals surface area (Å²) in [7, 11) is 0. The zero-order valence-electron chi connectivity index (χ0n) is 12.6. The summed E-state index contributed by atoms with van der Waals surface area (Å²) in [5.74, 6) is 0.585. The molecule has 0 unspecified atom stereocenters. The van der Waals surface area contributed by atoms with E-state index in [-0.39, 0.29) is 5.91 Å². The van der Waals surface area contributed by atoms with Crippen LogP contribution >= 0.6 is 0 Å². The van der Waals surface area contributed by atoms with Crippen LogP contribution in [0.15, 0.2) is 18.3 Å². The van der Waals surface area contributed by atoms with Gasteiger partial charge in [-0.2, -0.15) is 0 Å².